The van der Waals surface area contributed by atoms with E-state index in [9.17, 15) is 0 Å². The second-order valence-electron chi connectivity index (χ2n) is 6.39. The second-order valence-corrected chi connectivity index (χ2v) is 6.39. The lowest BCUT2D eigenvalue weighted by Crippen LogP contribution is -2.41. The van der Waals surface area contributed by atoms with Crippen molar-refractivity contribution in [2.45, 2.75) is 46.5 Å². The average molecular weight is 323 g/mol. The summed E-state index contributed by atoms with van der Waals surface area (Å²) in [6, 6.07) is 3.89. The first-order chi connectivity index (χ1) is 11.2. The van der Waals surface area contributed by atoms with E-state index in [1.165, 1.54) is 0 Å². The zero-order valence-corrected chi connectivity index (χ0v) is 14.8. The van der Waals surface area contributed by atoms with Crippen LogP contribution in [0, 0.1) is 11.8 Å². The van der Waals surface area contributed by atoms with Gasteiger partial charge in [0.25, 0.3) is 0 Å². The third-order valence-corrected chi connectivity index (χ3v) is 3.65. The lowest BCUT2D eigenvalue weighted by Gasteiger charge is -2.18. The maximum atomic E-state index is 9.17. The number of furan rings is 1. The molecule has 1 rings (SSSR count). The van der Waals surface area contributed by atoms with Crippen molar-refractivity contribution in [1.82, 2.24) is 10.6 Å². The highest BCUT2D eigenvalue weighted by atomic mass is 16.3. The molecule has 0 amide bonds. The van der Waals surface area contributed by atoms with Gasteiger partial charge >= 0.3 is 0 Å². The fourth-order valence-electron chi connectivity index (χ4n) is 2.39. The van der Waals surface area contributed by atoms with E-state index in [1.54, 1.807) is 6.26 Å². The first kappa shape index (κ1) is 19.6. The Kier molecular flexibility index (Phi) is 10.2. The van der Waals surface area contributed by atoms with Gasteiger partial charge in [-0.1, -0.05) is 27.2 Å². The fraction of sp³-hybridized carbons (Fsp3) is 0.722. The molecule has 0 fully saturated rings. The third kappa shape index (κ3) is 9.29. The molecule has 1 aromatic heterocycles. The maximum Gasteiger partial charge on any atom is 0.191 e. The molecule has 0 aromatic carbocycles. The van der Waals surface area contributed by atoms with Gasteiger partial charge in [-0.2, -0.15) is 0 Å². The van der Waals surface area contributed by atoms with Gasteiger partial charge < -0.3 is 20.2 Å². The lowest BCUT2D eigenvalue weighted by atomic mass is 10.0. The van der Waals surface area contributed by atoms with Crippen LogP contribution in [0.25, 0.3) is 0 Å². The number of aliphatic hydroxyl groups is 1. The Morgan fingerprint density at radius 1 is 1.30 bits per heavy atom. The van der Waals surface area contributed by atoms with Crippen LogP contribution in [0.1, 0.15) is 45.8 Å². The Morgan fingerprint density at radius 3 is 2.74 bits per heavy atom. The number of rotatable bonds is 11. The summed E-state index contributed by atoms with van der Waals surface area (Å²) in [5, 5.41) is 16.0. The molecule has 0 aliphatic heterocycles. The number of hydrogen-bond donors (Lipinski definition) is 3. The summed E-state index contributed by atoms with van der Waals surface area (Å²) >= 11 is 0. The summed E-state index contributed by atoms with van der Waals surface area (Å²) in [4.78, 5) is 4.64. The summed E-state index contributed by atoms with van der Waals surface area (Å²) in [5.74, 6) is 2.85. The zero-order chi connectivity index (χ0) is 16.9. The van der Waals surface area contributed by atoms with E-state index in [4.69, 9.17) is 9.52 Å². The molecule has 5 heteroatoms. The molecule has 0 spiro atoms. The standard InChI is InChI=1S/C18H33N3O2/c1-4-6-16(9-11-22)14-21-18(20-13-15(2)3)19-10-8-17-7-5-12-23-17/h5,7,12,15-16,22H,4,6,8-11,13-14H2,1-3H3,(H2,19,20,21). The zero-order valence-electron chi connectivity index (χ0n) is 14.8. The number of hydrogen-bond acceptors (Lipinski definition) is 3. The van der Waals surface area contributed by atoms with Crippen molar-refractivity contribution in [3.05, 3.63) is 24.2 Å². The molecule has 1 heterocycles. The van der Waals surface area contributed by atoms with Gasteiger partial charge in [-0.05, 0) is 36.8 Å². The Balaban J connectivity index is 2.45. The molecular formula is C18H33N3O2. The molecule has 0 aliphatic carbocycles. The van der Waals surface area contributed by atoms with Gasteiger partial charge in [0.2, 0.25) is 0 Å². The summed E-state index contributed by atoms with van der Waals surface area (Å²) in [6.07, 6.45) is 5.63. The van der Waals surface area contributed by atoms with E-state index in [-0.39, 0.29) is 6.61 Å². The molecule has 0 aliphatic rings. The molecule has 5 nitrogen and oxygen atoms in total. The highest BCUT2D eigenvalue weighted by Crippen LogP contribution is 2.09. The SMILES string of the molecule is CCCC(CCO)CNC(=NCC(C)C)NCCc1ccco1. The van der Waals surface area contributed by atoms with Crippen LogP contribution in [-0.4, -0.2) is 37.3 Å². The fourth-order valence-corrected chi connectivity index (χ4v) is 2.39. The van der Waals surface area contributed by atoms with Gasteiger partial charge in [0, 0.05) is 32.7 Å². The molecule has 3 N–H and O–H groups in total. The normalized spacial score (nSPS) is 13.3. The Morgan fingerprint density at radius 2 is 2.13 bits per heavy atom. The topological polar surface area (TPSA) is 69.8 Å². The van der Waals surface area contributed by atoms with Crippen molar-refractivity contribution in [3.8, 4) is 0 Å². The quantitative estimate of drug-likeness (QED) is 0.433. The van der Waals surface area contributed by atoms with Crippen LogP contribution in [0.5, 0.6) is 0 Å². The van der Waals surface area contributed by atoms with Gasteiger partial charge in [-0.3, -0.25) is 4.99 Å². The van der Waals surface area contributed by atoms with Crippen molar-refractivity contribution in [1.29, 1.82) is 0 Å². The Hall–Kier alpha value is -1.49. The van der Waals surface area contributed by atoms with Crippen molar-refractivity contribution in [3.63, 3.8) is 0 Å². The van der Waals surface area contributed by atoms with Crippen molar-refractivity contribution in [2.24, 2.45) is 16.8 Å². The molecule has 1 unspecified atom stereocenters. The van der Waals surface area contributed by atoms with Gasteiger partial charge in [0.15, 0.2) is 5.96 Å². The van der Waals surface area contributed by atoms with E-state index in [0.717, 1.165) is 57.0 Å². The molecule has 23 heavy (non-hydrogen) atoms. The monoisotopic (exact) mass is 323 g/mol. The Labute approximate surface area is 140 Å². The van der Waals surface area contributed by atoms with Crippen LogP contribution >= 0.6 is 0 Å². The number of nitrogens with one attached hydrogen (secondary N) is 2. The molecule has 1 atom stereocenters. The van der Waals surface area contributed by atoms with Crippen LogP contribution < -0.4 is 10.6 Å². The van der Waals surface area contributed by atoms with E-state index in [1.807, 2.05) is 12.1 Å². The molecule has 1 aromatic rings. The summed E-state index contributed by atoms with van der Waals surface area (Å²) in [5.41, 5.74) is 0. The highest BCUT2D eigenvalue weighted by molar-refractivity contribution is 5.79. The lowest BCUT2D eigenvalue weighted by molar-refractivity contribution is 0.251. The first-order valence-corrected chi connectivity index (χ1v) is 8.81. The molecule has 0 saturated carbocycles. The summed E-state index contributed by atoms with van der Waals surface area (Å²) in [6.45, 7) is 9.19. The highest BCUT2D eigenvalue weighted by Gasteiger charge is 2.09. The van der Waals surface area contributed by atoms with E-state index >= 15 is 0 Å². The van der Waals surface area contributed by atoms with Crippen LogP contribution in [0.4, 0.5) is 0 Å². The maximum absolute atomic E-state index is 9.17. The first-order valence-electron chi connectivity index (χ1n) is 8.81. The summed E-state index contributed by atoms with van der Waals surface area (Å²) < 4.78 is 5.35. The van der Waals surface area contributed by atoms with Crippen molar-refractivity contribution >= 4 is 5.96 Å². The third-order valence-electron chi connectivity index (χ3n) is 3.65. The molecule has 132 valence electrons. The largest absolute Gasteiger partial charge is 0.469 e. The predicted molar refractivity (Wildman–Crippen MR) is 95.7 cm³/mol. The van der Waals surface area contributed by atoms with E-state index in [2.05, 4.69) is 36.4 Å². The van der Waals surface area contributed by atoms with Gasteiger partial charge in [-0.25, -0.2) is 0 Å². The van der Waals surface area contributed by atoms with Crippen LogP contribution in [0.3, 0.4) is 0 Å². The van der Waals surface area contributed by atoms with Gasteiger partial charge in [-0.15, -0.1) is 0 Å². The minimum absolute atomic E-state index is 0.247. The van der Waals surface area contributed by atoms with Crippen molar-refractivity contribution < 1.29 is 9.52 Å². The van der Waals surface area contributed by atoms with Crippen LogP contribution in [-0.2, 0) is 6.42 Å². The minimum atomic E-state index is 0.247. The smallest absolute Gasteiger partial charge is 0.191 e. The number of nitrogens with zero attached hydrogens (tertiary/aromatic N) is 1. The number of aliphatic hydroxyl groups excluding tert-OH is 1. The number of guanidine groups is 1. The summed E-state index contributed by atoms with van der Waals surface area (Å²) in [7, 11) is 0. The average Bonchev–Trinajstić information content (AvgIpc) is 3.02. The van der Waals surface area contributed by atoms with Gasteiger partial charge in [0.1, 0.15) is 5.76 Å². The molecule has 0 saturated heterocycles. The second kappa shape index (κ2) is 12.0. The molecule has 0 bridgehead atoms. The van der Waals surface area contributed by atoms with E-state index < -0.39 is 0 Å². The molecular weight excluding hydrogens is 290 g/mol. The molecule has 0 radical (unpaired) electrons. The Bertz CT molecular complexity index is 410. The van der Waals surface area contributed by atoms with Crippen molar-refractivity contribution in [2.75, 3.05) is 26.2 Å². The van der Waals surface area contributed by atoms with Gasteiger partial charge in [0.05, 0.1) is 6.26 Å². The minimum Gasteiger partial charge on any atom is -0.469 e. The van der Waals surface area contributed by atoms with Crippen LogP contribution in [0.2, 0.25) is 0 Å². The van der Waals surface area contributed by atoms with Crippen LogP contribution in [0.15, 0.2) is 27.8 Å². The predicted octanol–water partition coefficient (Wildman–Crippen LogP) is 2.81. The number of aliphatic imine (C=N–C) groups is 1. The van der Waals surface area contributed by atoms with E-state index in [0.29, 0.717) is 11.8 Å².